The molecule has 1 aromatic heterocycles. The molecule has 3 heteroatoms. The van der Waals surface area contributed by atoms with Crippen molar-refractivity contribution >= 4 is 0 Å². The number of unbranched alkanes of at least 4 members (excludes halogenated alkanes) is 1. The van der Waals surface area contributed by atoms with Gasteiger partial charge < -0.3 is 9.67 Å². The standard InChI is InChI=1S/C10H16N2O/c1-3-4-5-6-10(13)9-7-12(2)8-11-9/h3,7-8,10,13H,1,4-6H2,2H3. The van der Waals surface area contributed by atoms with E-state index < -0.39 is 6.10 Å². The first-order valence-electron chi connectivity index (χ1n) is 4.51. The van der Waals surface area contributed by atoms with Crippen LogP contribution in [0.1, 0.15) is 31.1 Å². The second-order valence-corrected chi connectivity index (χ2v) is 3.20. The average Bonchev–Trinajstić information content (AvgIpc) is 2.52. The van der Waals surface area contributed by atoms with E-state index in [4.69, 9.17) is 0 Å². The minimum Gasteiger partial charge on any atom is -0.387 e. The van der Waals surface area contributed by atoms with Crippen LogP contribution in [-0.4, -0.2) is 14.7 Å². The zero-order valence-corrected chi connectivity index (χ0v) is 7.98. The van der Waals surface area contributed by atoms with Gasteiger partial charge in [-0.2, -0.15) is 0 Å². The van der Waals surface area contributed by atoms with Crippen LogP contribution in [-0.2, 0) is 7.05 Å². The third kappa shape index (κ3) is 3.03. The van der Waals surface area contributed by atoms with Crippen LogP contribution in [0, 0.1) is 0 Å². The highest BCUT2D eigenvalue weighted by molar-refractivity contribution is 5.00. The number of aryl methyl sites for hydroxylation is 1. The van der Waals surface area contributed by atoms with Crippen molar-refractivity contribution in [1.82, 2.24) is 9.55 Å². The smallest absolute Gasteiger partial charge is 0.0975 e. The Labute approximate surface area is 78.7 Å². The van der Waals surface area contributed by atoms with Crippen molar-refractivity contribution in [1.29, 1.82) is 0 Å². The van der Waals surface area contributed by atoms with Crippen LogP contribution in [0.5, 0.6) is 0 Å². The van der Waals surface area contributed by atoms with E-state index >= 15 is 0 Å². The number of imidazole rings is 1. The maximum atomic E-state index is 9.65. The van der Waals surface area contributed by atoms with Gasteiger partial charge in [-0.3, -0.25) is 0 Å². The highest BCUT2D eigenvalue weighted by atomic mass is 16.3. The highest BCUT2D eigenvalue weighted by Gasteiger charge is 2.08. The van der Waals surface area contributed by atoms with E-state index in [1.54, 1.807) is 6.33 Å². The van der Waals surface area contributed by atoms with E-state index in [0.717, 1.165) is 25.0 Å². The topological polar surface area (TPSA) is 38.0 Å². The lowest BCUT2D eigenvalue weighted by atomic mass is 10.1. The molecule has 13 heavy (non-hydrogen) atoms. The summed E-state index contributed by atoms with van der Waals surface area (Å²) in [7, 11) is 1.90. The fraction of sp³-hybridized carbons (Fsp3) is 0.500. The molecule has 3 nitrogen and oxygen atoms in total. The zero-order chi connectivity index (χ0) is 9.68. The molecule has 0 saturated carbocycles. The molecule has 0 fully saturated rings. The van der Waals surface area contributed by atoms with E-state index in [9.17, 15) is 5.11 Å². The molecule has 0 radical (unpaired) electrons. The summed E-state index contributed by atoms with van der Waals surface area (Å²) in [6.45, 7) is 3.63. The summed E-state index contributed by atoms with van der Waals surface area (Å²) in [6.07, 6.45) is 7.64. The summed E-state index contributed by atoms with van der Waals surface area (Å²) >= 11 is 0. The first kappa shape index (κ1) is 9.99. The summed E-state index contributed by atoms with van der Waals surface area (Å²) in [5.41, 5.74) is 0.756. The van der Waals surface area contributed by atoms with Crippen LogP contribution in [0.2, 0.25) is 0 Å². The molecular formula is C10H16N2O. The SMILES string of the molecule is C=CCCCC(O)c1cn(C)cn1. The fourth-order valence-corrected chi connectivity index (χ4v) is 1.21. The first-order chi connectivity index (χ1) is 6.24. The maximum Gasteiger partial charge on any atom is 0.0975 e. The molecule has 1 atom stereocenters. The van der Waals surface area contributed by atoms with E-state index in [-0.39, 0.29) is 0 Å². The van der Waals surface area contributed by atoms with Crippen LogP contribution >= 0.6 is 0 Å². The van der Waals surface area contributed by atoms with Gasteiger partial charge in [0.15, 0.2) is 0 Å². The van der Waals surface area contributed by atoms with Crippen molar-refractivity contribution in [2.45, 2.75) is 25.4 Å². The second kappa shape index (κ2) is 4.82. The van der Waals surface area contributed by atoms with Crippen LogP contribution in [0.25, 0.3) is 0 Å². The van der Waals surface area contributed by atoms with Crippen LogP contribution < -0.4 is 0 Å². The Bertz CT molecular complexity index is 268. The van der Waals surface area contributed by atoms with Crippen molar-refractivity contribution in [3.05, 3.63) is 30.9 Å². The van der Waals surface area contributed by atoms with E-state index in [2.05, 4.69) is 11.6 Å². The number of aliphatic hydroxyl groups excluding tert-OH is 1. The van der Waals surface area contributed by atoms with Gasteiger partial charge in [0, 0.05) is 13.2 Å². The van der Waals surface area contributed by atoms with Gasteiger partial charge in [0.25, 0.3) is 0 Å². The Kier molecular flexibility index (Phi) is 3.71. The molecule has 0 aliphatic heterocycles. The Morgan fingerprint density at radius 1 is 1.77 bits per heavy atom. The highest BCUT2D eigenvalue weighted by Crippen LogP contribution is 2.16. The van der Waals surface area contributed by atoms with E-state index in [1.807, 2.05) is 23.9 Å². The Hall–Kier alpha value is -1.09. The molecule has 0 bridgehead atoms. The Morgan fingerprint density at radius 2 is 2.54 bits per heavy atom. The predicted octanol–water partition coefficient (Wildman–Crippen LogP) is 1.81. The molecule has 0 amide bonds. The molecular weight excluding hydrogens is 164 g/mol. The quantitative estimate of drug-likeness (QED) is 0.554. The number of nitrogens with zero attached hydrogens (tertiary/aromatic N) is 2. The Balaban J connectivity index is 2.39. The van der Waals surface area contributed by atoms with Gasteiger partial charge in [-0.1, -0.05) is 6.08 Å². The van der Waals surface area contributed by atoms with Gasteiger partial charge in [-0.15, -0.1) is 6.58 Å². The minimum atomic E-state index is -0.429. The van der Waals surface area contributed by atoms with Crippen LogP contribution in [0.15, 0.2) is 25.2 Å². The molecule has 1 heterocycles. The molecule has 1 unspecified atom stereocenters. The van der Waals surface area contributed by atoms with Crippen molar-refractivity contribution in [2.24, 2.45) is 7.05 Å². The molecule has 72 valence electrons. The first-order valence-corrected chi connectivity index (χ1v) is 4.51. The molecule has 0 aliphatic rings. The van der Waals surface area contributed by atoms with Crippen molar-refractivity contribution < 1.29 is 5.11 Å². The normalized spacial score (nSPS) is 12.8. The fourth-order valence-electron chi connectivity index (χ4n) is 1.21. The van der Waals surface area contributed by atoms with Gasteiger partial charge in [0.05, 0.1) is 18.1 Å². The average molecular weight is 180 g/mol. The monoisotopic (exact) mass is 180 g/mol. The number of hydrogen-bond donors (Lipinski definition) is 1. The molecule has 1 N–H and O–H groups in total. The van der Waals surface area contributed by atoms with Gasteiger partial charge in [0.2, 0.25) is 0 Å². The van der Waals surface area contributed by atoms with Gasteiger partial charge in [-0.25, -0.2) is 4.98 Å². The largest absolute Gasteiger partial charge is 0.387 e. The third-order valence-electron chi connectivity index (χ3n) is 1.95. The van der Waals surface area contributed by atoms with E-state index in [0.29, 0.717) is 0 Å². The minimum absolute atomic E-state index is 0.429. The number of aliphatic hydroxyl groups is 1. The number of aromatic nitrogens is 2. The molecule has 1 aromatic rings. The predicted molar refractivity (Wildman–Crippen MR) is 52.2 cm³/mol. The third-order valence-corrected chi connectivity index (χ3v) is 1.95. The summed E-state index contributed by atoms with van der Waals surface area (Å²) in [5.74, 6) is 0. The van der Waals surface area contributed by atoms with Crippen molar-refractivity contribution in [3.8, 4) is 0 Å². The van der Waals surface area contributed by atoms with Crippen molar-refractivity contribution in [2.75, 3.05) is 0 Å². The molecule has 0 saturated heterocycles. The maximum absolute atomic E-state index is 9.65. The number of hydrogen-bond acceptors (Lipinski definition) is 2. The summed E-state index contributed by atoms with van der Waals surface area (Å²) < 4.78 is 1.84. The number of rotatable bonds is 5. The van der Waals surface area contributed by atoms with E-state index in [1.165, 1.54) is 0 Å². The van der Waals surface area contributed by atoms with Gasteiger partial charge >= 0.3 is 0 Å². The Morgan fingerprint density at radius 3 is 3.08 bits per heavy atom. The summed E-state index contributed by atoms with van der Waals surface area (Å²) in [6, 6.07) is 0. The second-order valence-electron chi connectivity index (χ2n) is 3.20. The van der Waals surface area contributed by atoms with Gasteiger partial charge in [-0.05, 0) is 19.3 Å². The summed E-state index contributed by atoms with van der Waals surface area (Å²) in [4.78, 5) is 4.08. The lowest BCUT2D eigenvalue weighted by Crippen LogP contribution is -1.97. The summed E-state index contributed by atoms with van der Waals surface area (Å²) in [5, 5.41) is 9.65. The number of allylic oxidation sites excluding steroid dienone is 1. The van der Waals surface area contributed by atoms with Crippen molar-refractivity contribution in [3.63, 3.8) is 0 Å². The van der Waals surface area contributed by atoms with Crippen LogP contribution in [0.4, 0.5) is 0 Å². The van der Waals surface area contributed by atoms with Gasteiger partial charge in [0.1, 0.15) is 0 Å². The molecule has 0 spiro atoms. The van der Waals surface area contributed by atoms with Crippen LogP contribution in [0.3, 0.4) is 0 Å². The zero-order valence-electron chi connectivity index (χ0n) is 7.98. The molecule has 0 aromatic carbocycles. The molecule has 1 rings (SSSR count). The lowest BCUT2D eigenvalue weighted by molar-refractivity contribution is 0.160. The molecule has 0 aliphatic carbocycles. The lowest BCUT2D eigenvalue weighted by Gasteiger charge is -2.05.